The van der Waals surface area contributed by atoms with E-state index in [1.165, 1.54) is 0 Å². The van der Waals surface area contributed by atoms with Crippen molar-refractivity contribution in [2.75, 3.05) is 12.3 Å². The predicted molar refractivity (Wildman–Crippen MR) is 85.6 cm³/mol. The summed E-state index contributed by atoms with van der Waals surface area (Å²) in [6.45, 7) is -0.595. The van der Waals surface area contributed by atoms with Gasteiger partial charge in [-0.05, 0) is 6.42 Å². The summed E-state index contributed by atoms with van der Waals surface area (Å²) in [6.07, 6.45) is -0.324. The van der Waals surface area contributed by atoms with Crippen LogP contribution in [0, 0.1) is 0 Å². The summed E-state index contributed by atoms with van der Waals surface area (Å²) in [5.41, 5.74) is 13.7. The van der Waals surface area contributed by atoms with Crippen LogP contribution < -0.4 is 33.1 Å². The summed E-state index contributed by atoms with van der Waals surface area (Å²) in [5.74, 6) is -3.56. The van der Waals surface area contributed by atoms with Crippen LogP contribution in [0.15, 0.2) is 0 Å². The summed E-state index contributed by atoms with van der Waals surface area (Å²) in [4.78, 5) is 59.9. The number of nitrogens with two attached hydrogens (primary N) is 2. The minimum atomic E-state index is -1.23. The largest absolute Gasteiger partial charge is 0.480 e. The fourth-order valence-corrected chi connectivity index (χ4v) is 1.61. The van der Waals surface area contributed by atoms with Crippen molar-refractivity contribution in [2.24, 2.45) is 11.5 Å². The van der Waals surface area contributed by atoms with Crippen LogP contribution in [-0.2, 0) is 24.0 Å². The first-order chi connectivity index (χ1) is 11.7. The van der Waals surface area contributed by atoms with Crippen LogP contribution >= 0.6 is 12.6 Å². The number of carbonyl (C=O) groups excluding carboxylic acids is 4. The monoisotopic (exact) mass is 380 g/mol. The summed E-state index contributed by atoms with van der Waals surface area (Å²) in [6, 6.07) is -3.21. The van der Waals surface area contributed by atoms with Crippen LogP contribution in [0.25, 0.3) is 0 Å². The minimum absolute atomic E-state index is 0.0615. The van der Waals surface area contributed by atoms with Gasteiger partial charge in [-0.25, -0.2) is 15.0 Å². The molecule has 0 heterocycles. The lowest BCUT2D eigenvalue weighted by Crippen LogP contribution is -2.49. The number of nitrogens with one attached hydrogen (secondary N) is 4. The highest BCUT2D eigenvalue weighted by molar-refractivity contribution is 7.80. The van der Waals surface area contributed by atoms with E-state index in [9.17, 15) is 24.0 Å². The number of carboxylic acids is 1. The average Bonchev–Trinajstić information content (AvgIpc) is 2.54. The van der Waals surface area contributed by atoms with Gasteiger partial charge in [0.05, 0.1) is 0 Å². The first kappa shape index (κ1) is 22.4. The molecule has 4 amide bonds. The molecule has 0 radical (unpaired) electrons. The maximum Gasteiger partial charge on any atom is 0.343 e. The number of carbonyl (C=O) groups is 5. The average molecular weight is 380 g/mol. The summed E-state index contributed by atoms with van der Waals surface area (Å²) in [5, 5.41) is 12.9. The second kappa shape index (κ2) is 11.9. The molecule has 142 valence electrons. The van der Waals surface area contributed by atoms with Crippen molar-refractivity contribution in [1.29, 1.82) is 0 Å². The van der Waals surface area contributed by atoms with Gasteiger partial charge in [0.2, 0.25) is 11.8 Å². The highest BCUT2D eigenvalue weighted by Gasteiger charge is 2.22. The summed E-state index contributed by atoms with van der Waals surface area (Å²) in [7, 11) is 0. The number of aliphatic carboxylic acids is 1. The lowest BCUT2D eigenvalue weighted by Gasteiger charge is -2.16. The quantitative estimate of drug-likeness (QED) is 0.131. The Morgan fingerprint density at radius 2 is 1.84 bits per heavy atom. The fraction of sp³-hybridized carbons (Fsp3) is 0.545. The summed E-state index contributed by atoms with van der Waals surface area (Å²) >= 11 is 3.90. The van der Waals surface area contributed by atoms with E-state index in [4.69, 9.17) is 16.6 Å². The second-order valence-corrected chi connectivity index (χ2v) is 4.94. The zero-order valence-corrected chi connectivity index (χ0v) is 13.9. The van der Waals surface area contributed by atoms with Gasteiger partial charge in [-0.1, -0.05) is 5.59 Å². The molecule has 0 aromatic carbocycles. The van der Waals surface area contributed by atoms with Crippen molar-refractivity contribution in [3.63, 3.8) is 0 Å². The van der Waals surface area contributed by atoms with E-state index < -0.39 is 48.4 Å². The van der Waals surface area contributed by atoms with Crippen molar-refractivity contribution < 1.29 is 33.9 Å². The van der Waals surface area contributed by atoms with Crippen molar-refractivity contribution in [3.05, 3.63) is 0 Å². The molecule has 0 spiro atoms. The Morgan fingerprint density at radius 3 is 2.36 bits per heavy atom. The second-order valence-electron chi connectivity index (χ2n) is 4.57. The van der Waals surface area contributed by atoms with E-state index >= 15 is 0 Å². The third-order valence-corrected chi connectivity index (χ3v) is 2.92. The van der Waals surface area contributed by atoms with Crippen molar-refractivity contribution in [1.82, 2.24) is 21.6 Å². The molecule has 0 aliphatic rings. The topological polar surface area (TPSA) is 215 Å². The van der Waals surface area contributed by atoms with Gasteiger partial charge in [-0.15, -0.1) is 0 Å². The molecule has 2 unspecified atom stereocenters. The maximum atomic E-state index is 11.7. The van der Waals surface area contributed by atoms with E-state index in [0.717, 1.165) is 0 Å². The molecule has 0 saturated carbocycles. The number of carboxylic acid groups (broad SMARTS) is 1. The van der Waals surface area contributed by atoms with Gasteiger partial charge in [-0.3, -0.25) is 14.4 Å². The zero-order chi connectivity index (χ0) is 19.4. The van der Waals surface area contributed by atoms with Gasteiger partial charge in [0, 0.05) is 12.2 Å². The van der Waals surface area contributed by atoms with Gasteiger partial charge < -0.3 is 32.0 Å². The van der Waals surface area contributed by atoms with Crippen molar-refractivity contribution in [2.45, 2.75) is 24.9 Å². The third-order valence-electron chi connectivity index (χ3n) is 2.56. The number of amides is 4. The first-order valence-electron chi connectivity index (χ1n) is 6.83. The Labute approximate surface area is 147 Å². The minimum Gasteiger partial charge on any atom is -0.480 e. The van der Waals surface area contributed by atoms with Gasteiger partial charge in [0.25, 0.3) is 0 Å². The van der Waals surface area contributed by atoms with Crippen molar-refractivity contribution in [3.8, 4) is 0 Å². The molecule has 0 aromatic rings. The number of thiol groups is 1. The number of primary amides is 1. The maximum absolute atomic E-state index is 11.7. The van der Waals surface area contributed by atoms with E-state index in [1.54, 1.807) is 11.0 Å². The first-order valence-corrected chi connectivity index (χ1v) is 7.47. The van der Waals surface area contributed by atoms with Gasteiger partial charge in [0.15, 0.2) is 0 Å². The normalized spacial score (nSPS) is 12.4. The van der Waals surface area contributed by atoms with Gasteiger partial charge in [0.1, 0.15) is 18.6 Å². The lowest BCUT2D eigenvalue weighted by molar-refractivity contribution is -0.154. The molecule has 14 heteroatoms. The predicted octanol–water partition coefficient (Wildman–Crippen LogP) is -3.66. The molecule has 2 atom stereocenters. The lowest BCUT2D eigenvalue weighted by atomic mass is 10.1. The fourth-order valence-electron chi connectivity index (χ4n) is 1.35. The molecule has 0 saturated heterocycles. The van der Waals surface area contributed by atoms with Crippen LogP contribution in [0.4, 0.5) is 4.79 Å². The van der Waals surface area contributed by atoms with E-state index in [-0.39, 0.29) is 18.6 Å². The standard InChI is InChI=1S/C11H20N6O7S/c12-5(10(22)24-17-16-11(13)23)1-2-7(18)15-6(4-25)9(21)14-3-8(19)20/h5-6,17,25H,1-4,12H2,(H,14,21)(H,15,18)(H,19,20)(H3,13,16,23). The SMILES string of the molecule is NC(=O)NNOC(=O)C(N)CCC(=O)NC(CS)C(=O)NCC(=O)O. The van der Waals surface area contributed by atoms with Gasteiger partial charge >= 0.3 is 18.0 Å². The molecule has 0 aromatic heterocycles. The van der Waals surface area contributed by atoms with Crippen LogP contribution in [0.3, 0.4) is 0 Å². The Bertz CT molecular complexity index is 517. The molecule has 9 N–H and O–H groups in total. The number of hydrogen-bond acceptors (Lipinski definition) is 9. The highest BCUT2D eigenvalue weighted by atomic mass is 32.1. The van der Waals surface area contributed by atoms with Crippen LogP contribution in [-0.4, -0.2) is 59.3 Å². The van der Waals surface area contributed by atoms with Gasteiger partial charge in [-0.2, -0.15) is 12.6 Å². The molecule has 13 nitrogen and oxygen atoms in total. The Balaban J connectivity index is 4.21. The Kier molecular flexibility index (Phi) is 10.7. The van der Waals surface area contributed by atoms with E-state index in [2.05, 4.69) is 28.1 Å². The van der Waals surface area contributed by atoms with Crippen LogP contribution in [0.5, 0.6) is 0 Å². The zero-order valence-electron chi connectivity index (χ0n) is 13.0. The Hall–Kier alpha value is -2.58. The number of urea groups is 1. The highest BCUT2D eigenvalue weighted by Crippen LogP contribution is 1.98. The van der Waals surface area contributed by atoms with Crippen LogP contribution in [0.2, 0.25) is 0 Å². The molecule has 0 aliphatic carbocycles. The van der Waals surface area contributed by atoms with E-state index in [0.29, 0.717) is 0 Å². The molecular weight excluding hydrogens is 360 g/mol. The number of hydrazine groups is 1. The number of rotatable bonds is 11. The molecule has 0 aliphatic heterocycles. The molecule has 0 bridgehead atoms. The van der Waals surface area contributed by atoms with E-state index in [1.807, 2.05) is 0 Å². The number of hydrogen-bond donors (Lipinski definition) is 8. The summed E-state index contributed by atoms with van der Waals surface area (Å²) < 4.78 is 0. The third kappa shape index (κ3) is 10.7. The smallest absolute Gasteiger partial charge is 0.343 e. The molecule has 25 heavy (non-hydrogen) atoms. The molecular formula is C11H20N6O7S. The van der Waals surface area contributed by atoms with Crippen LogP contribution in [0.1, 0.15) is 12.8 Å². The Morgan fingerprint density at radius 1 is 1.20 bits per heavy atom. The molecule has 0 fully saturated rings. The van der Waals surface area contributed by atoms with Crippen molar-refractivity contribution >= 4 is 42.4 Å². The molecule has 0 rings (SSSR count).